The maximum absolute atomic E-state index is 13.7. The SMILES string of the molecule is CC(=O)c1ccc2c(c1)nc(-c1ccc3nc(-c4cc(C(=O)N5CCCC5)ccc4-c4ccc(Cl)cc4)ccc3c1)n2C1CCCCC1.CCOC(=O)c1ccc(NC2CCCCC2)c(NC(=O)c2ccc3nc(-c4cc(C(=O)N5CCCC5)ccc4-c4ccc(Cl)cc4)ccc3c2)c1.O=C(O)c1ccc2c(c1)nc(-c1ccc3nc(-c4cc(C(=O)N5CCCC5)ccc4-c4ccc(Cl)cc4)ccc3c1)n2C1CCCCC1. The molecule has 6 fully saturated rings. The number of ketones is 1. The van der Waals surface area contributed by atoms with Gasteiger partial charge in [-0.25, -0.2) is 34.5 Å². The zero-order valence-corrected chi connectivity index (χ0v) is 84.6. The summed E-state index contributed by atoms with van der Waals surface area (Å²) in [4.78, 5) is 122. The summed E-state index contributed by atoms with van der Waals surface area (Å²) in [6.45, 7) is 8.36. The molecule has 0 spiro atoms. The maximum Gasteiger partial charge on any atom is 0.338 e. The number of hydrogen-bond donors (Lipinski definition) is 3. The van der Waals surface area contributed by atoms with Gasteiger partial charge in [0.25, 0.3) is 23.6 Å². The standard InChI is InChI=1S/C42H41ClN4O4.C41H37ClN4O2.C40H35ClN4O3/c1-2-51-42(50)31-15-21-38(44-33-8-4-3-5-9-33)39(26-31)46-40(48)29-14-19-36-28(24-29)13-20-37(45-36)35-25-30(41(49)47-22-6-7-23-47)12-18-34(35)27-10-16-32(43)17-11-27;1-26(47)28-14-20-39-38(25-28)44-40(46(39)33-7-3-2-4-8-33)30-13-18-36-29(23-30)12-19-37(43-36)35-24-31(41(48)45-21-5-6-22-45)11-17-34(35)27-9-15-32(42)16-10-27;41-30-14-8-25(9-15-30)32-16-10-28(39(46)44-20-4-5-21-44)23-33(32)35-18-11-26-22-27(12-17-34(26)42-35)38-43-36-24-29(40(47)48)13-19-37(36)45(38)31-6-2-1-3-7-31/h10-21,24-26,33,44H,2-9,22-23H2,1H3,(H,46,48);9-20,23-25,33H,2-8,21-22H2,1H3;8-19,22-24,31H,1-7,20-21H2,(H,47,48). The van der Waals surface area contributed by atoms with Gasteiger partial charge in [0.2, 0.25) is 0 Å². The van der Waals surface area contributed by atoms with Crippen molar-refractivity contribution in [1.29, 1.82) is 0 Å². The summed E-state index contributed by atoms with van der Waals surface area (Å²) in [6, 6.07) is 88.4. The van der Waals surface area contributed by atoms with Crippen molar-refractivity contribution in [2.24, 2.45) is 0 Å². The number of carboxylic acid groups (broad SMARTS) is 1. The molecule has 5 aromatic heterocycles. The lowest BCUT2D eigenvalue weighted by atomic mass is 9.94. The topological polar surface area (TPSA) is 257 Å². The van der Waals surface area contributed by atoms with Gasteiger partial charge in [0.15, 0.2) is 5.78 Å². The highest BCUT2D eigenvalue weighted by atomic mass is 35.5. The van der Waals surface area contributed by atoms with Crippen LogP contribution in [0.3, 0.4) is 0 Å². The molecule has 3 aliphatic carbocycles. The van der Waals surface area contributed by atoms with Crippen LogP contribution in [-0.2, 0) is 4.74 Å². The fourth-order valence-electron chi connectivity index (χ4n) is 22.0. The number of Topliss-reactive ketones (excluding diaryl/α,β-unsaturated/α-hetero) is 1. The van der Waals surface area contributed by atoms with E-state index in [1.165, 1.54) is 44.9 Å². The predicted molar refractivity (Wildman–Crippen MR) is 588 cm³/mol. The Kier molecular flexibility index (Phi) is 29.1. The van der Waals surface area contributed by atoms with Crippen LogP contribution in [0.5, 0.6) is 0 Å². The summed E-state index contributed by atoms with van der Waals surface area (Å²) in [5.41, 5.74) is 23.9. The molecule has 3 saturated carbocycles. The number of anilines is 2. The third-order valence-electron chi connectivity index (χ3n) is 29.8. The molecule has 147 heavy (non-hydrogen) atoms. The fourth-order valence-corrected chi connectivity index (χ4v) is 22.4. The zero-order valence-electron chi connectivity index (χ0n) is 82.3. The van der Waals surface area contributed by atoms with E-state index in [4.69, 9.17) is 64.5 Å². The molecular weight excluding hydrogens is 1900 g/mol. The van der Waals surface area contributed by atoms with Gasteiger partial charge in [-0.2, -0.15) is 0 Å². The molecule has 21 nitrogen and oxygen atoms in total. The lowest BCUT2D eigenvalue weighted by molar-refractivity contribution is 0.0524. The van der Waals surface area contributed by atoms with E-state index in [-0.39, 0.29) is 41.6 Å². The Hall–Kier alpha value is -15.0. The molecule has 0 unspecified atom stereocenters. The summed E-state index contributed by atoms with van der Waals surface area (Å²) >= 11 is 18.7. The Morgan fingerprint density at radius 3 is 1.09 bits per heavy atom. The minimum atomic E-state index is -0.955. The molecule has 3 N–H and O–H groups in total. The first kappa shape index (κ1) is 98.0. The number of benzene rings is 12. The number of carbonyl (C=O) groups is 7. The van der Waals surface area contributed by atoms with Crippen molar-refractivity contribution in [3.05, 3.63) is 327 Å². The average molecular weight is 2010 g/mol. The van der Waals surface area contributed by atoms with Gasteiger partial charge in [-0.1, -0.05) is 165 Å². The highest BCUT2D eigenvalue weighted by Gasteiger charge is 2.31. The summed E-state index contributed by atoms with van der Waals surface area (Å²) in [6.07, 6.45) is 23.6. The van der Waals surface area contributed by atoms with Crippen LogP contribution in [0.25, 0.3) is 145 Å². The zero-order chi connectivity index (χ0) is 101. The van der Waals surface area contributed by atoms with E-state index in [0.29, 0.717) is 83.3 Å². The van der Waals surface area contributed by atoms with Gasteiger partial charge >= 0.3 is 11.9 Å². The van der Waals surface area contributed by atoms with E-state index < -0.39 is 11.9 Å². The van der Waals surface area contributed by atoms with E-state index in [2.05, 4.69) is 68.3 Å². The number of pyridine rings is 3. The molecular formula is C123H113Cl3N12O9. The number of aromatic nitrogens is 7. The number of carbonyl (C=O) groups excluding carboxylic acids is 6. The number of ether oxygens (including phenoxy) is 1. The van der Waals surface area contributed by atoms with Gasteiger partial charge in [0, 0.05) is 144 Å². The summed E-state index contributed by atoms with van der Waals surface area (Å²) in [7, 11) is 0. The van der Waals surface area contributed by atoms with Gasteiger partial charge in [-0.3, -0.25) is 24.0 Å². The van der Waals surface area contributed by atoms with E-state index in [0.717, 1.165) is 269 Å². The number of esters is 1. The van der Waals surface area contributed by atoms with Crippen LogP contribution in [-0.4, -0.2) is 147 Å². The third-order valence-corrected chi connectivity index (χ3v) is 30.5. The number of halogens is 3. The summed E-state index contributed by atoms with van der Waals surface area (Å²) in [5.74, 6) is 0.285. The first-order valence-electron chi connectivity index (χ1n) is 51.7. The number of amides is 4. The van der Waals surface area contributed by atoms with Gasteiger partial charge in [0.05, 0.1) is 84.8 Å². The number of nitrogens with one attached hydrogen (secondary N) is 2. The molecule has 24 heteroatoms. The van der Waals surface area contributed by atoms with Crippen molar-refractivity contribution in [1.82, 2.24) is 48.8 Å². The second-order valence-corrected chi connectivity index (χ2v) is 40.8. The minimum absolute atomic E-state index is 0.0257. The van der Waals surface area contributed by atoms with Crippen molar-refractivity contribution < 1.29 is 43.4 Å². The molecule has 0 atom stereocenters. The Balaban J connectivity index is 0.000000129. The molecule has 3 aliphatic heterocycles. The van der Waals surface area contributed by atoms with Crippen molar-refractivity contribution in [2.45, 2.75) is 167 Å². The van der Waals surface area contributed by atoms with Crippen LogP contribution in [0.15, 0.2) is 273 Å². The average Bonchev–Trinajstić information content (AvgIpc) is 1.19. The summed E-state index contributed by atoms with van der Waals surface area (Å²) in [5, 5.41) is 21.0. The number of rotatable bonds is 21. The smallest absolute Gasteiger partial charge is 0.338 e. The number of carboxylic acids is 1. The number of likely N-dealkylation sites (tertiary alicyclic amines) is 3. The first-order valence-corrected chi connectivity index (χ1v) is 52.8. The lowest BCUT2D eigenvalue weighted by Crippen LogP contribution is -2.27. The quantitative estimate of drug-likeness (QED) is 0.0446. The maximum atomic E-state index is 13.7. The largest absolute Gasteiger partial charge is 0.478 e. The van der Waals surface area contributed by atoms with E-state index >= 15 is 0 Å². The molecule has 12 aromatic carbocycles. The second kappa shape index (κ2) is 43.7. The third kappa shape index (κ3) is 21.4. The number of imidazole rings is 2. The lowest BCUT2D eigenvalue weighted by Gasteiger charge is -2.25. The van der Waals surface area contributed by atoms with E-state index in [1.807, 2.05) is 209 Å². The molecule has 740 valence electrons. The fraction of sp³-hybridized carbons (Fsp3) is 0.268. The normalized spacial score (nSPS) is 15.2. The monoisotopic (exact) mass is 2010 g/mol. The molecule has 23 rings (SSSR count). The second-order valence-electron chi connectivity index (χ2n) is 39.5. The van der Waals surface area contributed by atoms with Crippen LogP contribution >= 0.6 is 34.8 Å². The molecule has 0 radical (unpaired) electrons. The molecule has 4 amide bonds. The predicted octanol–water partition coefficient (Wildman–Crippen LogP) is 29.5. The molecule has 8 heterocycles. The molecule has 0 bridgehead atoms. The number of nitrogens with zero attached hydrogens (tertiary/aromatic N) is 10. The van der Waals surface area contributed by atoms with Crippen molar-refractivity contribution >= 4 is 142 Å². The van der Waals surface area contributed by atoms with Crippen molar-refractivity contribution in [3.8, 4) is 89.9 Å². The number of fused-ring (bicyclic) bond motifs is 5. The molecule has 6 aliphatic rings. The van der Waals surface area contributed by atoms with E-state index in [9.17, 15) is 38.7 Å². The minimum Gasteiger partial charge on any atom is -0.478 e. The number of aromatic carboxylic acids is 1. The van der Waals surface area contributed by atoms with Gasteiger partial charge < -0.3 is 44.3 Å². The first-order chi connectivity index (χ1) is 71.7. The van der Waals surface area contributed by atoms with Gasteiger partial charge in [0.1, 0.15) is 11.6 Å². The summed E-state index contributed by atoms with van der Waals surface area (Å²) < 4.78 is 9.96. The van der Waals surface area contributed by atoms with Crippen LogP contribution in [0.1, 0.15) is 233 Å². The van der Waals surface area contributed by atoms with Gasteiger partial charge in [-0.15, -0.1) is 0 Å². The van der Waals surface area contributed by atoms with Crippen LogP contribution in [0.2, 0.25) is 15.1 Å². The van der Waals surface area contributed by atoms with Crippen LogP contribution in [0, 0.1) is 0 Å². The highest BCUT2D eigenvalue weighted by Crippen LogP contribution is 2.45. The Bertz CT molecular complexity index is 7630. The molecule has 17 aromatic rings. The van der Waals surface area contributed by atoms with Gasteiger partial charge in [-0.05, 0) is 324 Å². The Morgan fingerprint density at radius 1 is 0.327 bits per heavy atom. The Morgan fingerprint density at radius 2 is 0.687 bits per heavy atom. The number of hydrogen-bond acceptors (Lipinski definition) is 14. The van der Waals surface area contributed by atoms with Crippen LogP contribution in [0.4, 0.5) is 11.4 Å². The molecule has 3 saturated heterocycles. The van der Waals surface area contributed by atoms with Crippen LogP contribution < -0.4 is 10.6 Å². The highest BCUT2D eigenvalue weighted by molar-refractivity contribution is 6.31. The Labute approximate surface area is 868 Å². The van der Waals surface area contributed by atoms with E-state index in [1.54, 1.807) is 44.2 Å². The van der Waals surface area contributed by atoms with Crippen molar-refractivity contribution in [3.63, 3.8) is 0 Å². The van der Waals surface area contributed by atoms with Crippen molar-refractivity contribution in [2.75, 3.05) is 56.5 Å².